The molecule has 104 valence electrons. The van der Waals surface area contributed by atoms with E-state index in [2.05, 4.69) is 5.32 Å². The quantitative estimate of drug-likeness (QED) is 0.540. The number of hydrogen-bond acceptors (Lipinski definition) is 3. The monoisotopic (exact) mass is 259 g/mol. The third-order valence-corrected chi connectivity index (χ3v) is 2.65. The molecule has 0 bridgehead atoms. The van der Waals surface area contributed by atoms with Crippen LogP contribution in [0.15, 0.2) is 0 Å². The van der Waals surface area contributed by atoms with Gasteiger partial charge in [-0.2, -0.15) is 0 Å². The van der Waals surface area contributed by atoms with Crippen LogP contribution in [0.1, 0.15) is 46.0 Å². The highest BCUT2D eigenvalue weighted by Gasteiger charge is 2.25. The van der Waals surface area contributed by atoms with Crippen molar-refractivity contribution in [3.63, 3.8) is 0 Å². The van der Waals surface area contributed by atoms with E-state index in [1.54, 1.807) is 0 Å². The highest BCUT2D eigenvalue weighted by Crippen LogP contribution is 2.07. The van der Waals surface area contributed by atoms with Crippen LogP contribution in [0.5, 0.6) is 0 Å². The van der Waals surface area contributed by atoms with Crippen LogP contribution in [0, 0.1) is 5.92 Å². The van der Waals surface area contributed by atoms with Crippen LogP contribution in [0.2, 0.25) is 0 Å². The molecule has 0 aliphatic heterocycles. The molecule has 0 aliphatic carbocycles. The molecule has 0 spiro atoms. The second-order valence-corrected chi connectivity index (χ2v) is 4.39. The van der Waals surface area contributed by atoms with Crippen molar-refractivity contribution < 1.29 is 24.6 Å². The van der Waals surface area contributed by atoms with Gasteiger partial charge in [-0.1, -0.05) is 26.7 Å². The topological polar surface area (TPSA) is 104 Å². The number of carboxylic acids is 2. The van der Waals surface area contributed by atoms with Crippen molar-refractivity contribution in [2.75, 3.05) is 0 Å². The second kappa shape index (κ2) is 8.49. The molecule has 1 unspecified atom stereocenters. The highest BCUT2D eigenvalue weighted by atomic mass is 16.4. The summed E-state index contributed by atoms with van der Waals surface area (Å²) in [6.45, 7) is 3.42. The van der Waals surface area contributed by atoms with Gasteiger partial charge in [-0.25, -0.2) is 4.79 Å². The van der Waals surface area contributed by atoms with E-state index in [-0.39, 0.29) is 18.7 Å². The Bertz CT molecular complexity index is 303. The summed E-state index contributed by atoms with van der Waals surface area (Å²) in [4.78, 5) is 33.0. The van der Waals surface area contributed by atoms with Gasteiger partial charge in [0.25, 0.3) is 0 Å². The van der Waals surface area contributed by atoms with Crippen molar-refractivity contribution in [2.45, 2.75) is 52.0 Å². The van der Waals surface area contributed by atoms with E-state index in [1.165, 1.54) is 6.92 Å². The number of nitrogens with one attached hydrogen (secondary N) is 1. The molecule has 0 rings (SSSR count). The Balaban J connectivity index is 4.23. The molecular formula is C12H21NO5. The van der Waals surface area contributed by atoms with E-state index in [0.29, 0.717) is 6.42 Å². The summed E-state index contributed by atoms with van der Waals surface area (Å²) < 4.78 is 0. The highest BCUT2D eigenvalue weighted by molar-refractivity contribution is 5.84. The van der Waals surface area contributed by atoms with Gasteiger partial charge in [-0.3, -0.25) is 9.59 Å². The molecule has 2 atom stereocenters. The number of carboxylic acid groups (broad SMARTS) is 2. The molecule has 0 radical (unpaired) electrons. The molecule has 0 aromatic heterocycles. The van der Waals surface area contributed by atoms with Crippen molar-refractivity contribution in [2.24, 2.45) is 5.92 Å². The average Bonchev–Trinajstić information content (AvgIpc) is 2.28. The van der Waals surface area contributed by atoms with E-state index >= 15 is 0 Å². The van der Waals surface area contributed by atoms with Crippen LogP contribution in [-0.2, 0) is 14.4 Å². The molecular weight excluding hydrogens is 238 g/mol. The molecule has 0 aromatic rings. The standard InChI is InChI=1S/C12H21NO5/c1-3-4-5-6-10(14)13-9(12(17)18)7-8(2)11(15)16/h8-9H,3-7H2,1-2H3,(H,13,14)(H,15,16)(H,17,18)/t8?,9-/m0/s1. The zero-order valence-electron chi connectivity index (χ0n) is 10.8. The predicted molar refractivity (Wildman–Crippen MR) is 65.1 cm³/mol. The Morgan fingerprint density at radius 3 is 2.17 bits per heavy atom. The molecule has 0 heterocycles. The first-order valence-electron chi connectivity index (χ1n) is 6.13. The minimum atomic E-state index is -1.20. The van der Waals surface area contributed by atoms with E-state index < -0.39 is 23.9 Å². The minimum Gasteiger partial charge on any atom is -0.481 e. The summed E-state index contributed by atoms with van der Waals surface area (Å²) >= 11 is 0. The van der Waals surface area contributed by atoms with Gasteiger partial charge in [-0.15, -0.1) is 0 Å². The lowest BCUT2D eigenvalue weighted by Gasteiger charge is -2.16. The largest absolute Gasteiger partial charge is 0.481 e. The molecule has 0 aromatic carbocycles. The Morgan fingerprint density at radius 2 is 1.72 bits per heavy atom. The third-order valence-electron chi connectivity index (χ3n) is 2.65. The number of aliphatic carboxylic acids is 2. The molecule has 6 heteroatoms. The number of unbranched alkanes of at least 4 members (excludes halogenated alkanes) is 2. The second-order valence-electron chi connectivity index (χ2n) is 4.39. The zero-order chi connectivity index (χ0) is 14.1. The van der Waals surface area contributed by atoms with Crippen LogP contribution in [0.25, 0.3) is 0 Å². The number of amides is 1. The van der Waals surface area contributed by atoms with Crippen LogP contribution >= 0.6 is 0 Å². The van der Waals surface area contributed by atoms with Crippen LogP contribution in [0.3, 0.4) is 0 Å². The molecule has 3 N–H and O–H groups in total. The fraction of sp³-hybridized carbons (Fsp3) is 0.750. The summed E-state index contributed by atoms with van der Waals surface area (Å²) in [5, 5.41) is 20.0. The lowest BCUT2D eigenvalue weighted by atomic mass is 10.0. The molecule has 0 fully saturated rings. The van der Waals surface area contributed by atoms with E-state index in [9.17, 15) is 14.4 Å². The van der Waals surface area contributed by atoms with Gasteiger partial charge >= 0.3 is 11.9 Å². The first-order valence-corrected chi connectivity index (χ1v) is 6.13. The lowest BCUT2D eigenvalue weighted by Crippen LogP contribution is -2.42. The number of hydrogen-bond donors (Lipinski definition) is 3. The Labute approximate surface area is 106 Å². The molecule has 18 heavy (non-hydrogen) atoms. The van der Waals surface area contributed by atoms with Gasteiger partial charge in [0, 0.05) is 6.42 Å². The lowest BCUT2D eigenvalue weighted by molar-refractivity contribution is -0.145. The Morgan fingerprint density at radius 1 is 1.11 bits per heavy atom. The van der Waals surface area contributed by atoms with Crippen LogP contribution in [0.4, 0.5) is 0 Å². The van der Waals surface area contributed by atoms with Gasteiger partial charge in [0.05, 0.1) is 5.92 Å². The first kappa shape index (κ1) is 16.4. The average molecular weight is 259 g/mol. The summed E-state index contributed by atoms with van der Waals surface area (Å²) in [6, 6.07) is -1.13. The van der Waals surface area contributed by atoms with Crippen molar-refractivity contribution in [3.8, 4) is 0 Å². The molecule has 0 aliphatic rings. The first-order chi connectivity index (χ1) is 8.38. The number of rotatable bonds is 9. The molecule has 0 saturated carbocycles. The number of carbonyl (C=O) groups excluding carboxylic acids is 1. The normalized spacial score (nSPS) is 13.7. The van der Waals surface area contributed by atoms with Crippen molar-refractivity contribution in [3.05, 3.63) is 0 Å². The van der Waals surface area contributed by atoms with Crippen molar-refractivity contribution in [1.29, 1.82) is 0 Å². The fourth-order valence-corrected chi connectivity index (χ4v) is 1.48. The van der Waals surface area contributed by atoms with Crippen LogP contribution < -0.4 is 5.32 Å². The van der Waals surface area contributed by atoms with Gasteiger partial charge in [-0.05, 0) is 12.8 Å². The van der Waals surface area contributed by atoms with Crippen LogP contribution in [-0.4, -0.2) is 34.1 Å². The summed E-state index contributed by atoms with van der Waals surface area (Å²) in [7, 11) is 0. The maximum Gasteiger partial charge on any atom is 0.326 e. The Hall–Kier alpha value is -1.59. The van der Waals surface area contributed by atoms with Crippen molar-refractivity contribution in [1.82, 2.24) is 5.32 Å². The minimum absolute atomic E-state index is 0.107. The van der Waals surface area contributed by atoms with Crippen molar-refractivity contribution >= 4 is 17.8 Å². The van der Waals surface area contributed by atoms with E-state index in [4.69, 9.17) is 10.2 Å². The summed E-state index contributed by atoms with van der Waals surface area (Å²) in [5.41, 5.74) is 0. The molecule has 6 nitrogen and oxygen atoms in total. The maximum absolute atomic E-state index is 11.5. The SMILES string of the molecule is CCCCCC(=O)N[C@@H](CC(C)C(=O)O)C(=O)O. The molecule has 0 saturated heterocycles. The predicted octanol–water partition coefficient (Wildman–Crippen LogP) is 1.25. The van der Waals surface area contributed by atoms with Gasteiger partial charge in [0.15, 0.2) is 0 Å². The van der Waals surface area contributed by atoms with E-state index in [0.717, 1.165) is 12.8 Å². The molecule has 1 amide bonds. The summed E-state index contributed by atoms with van der Waals surface area (Å²) in [5.74, 6) is -3.41. The van der Waals surface area contributed by atoms with Gasteiger partial charge in [0.2, 0.25) is 5.91 Å². The smallest absolute Gasteiger partial charge is 0.326 e. The van der Waals surface area contributed by atoms with Gasteiger partial charge in [0.1, 0.15) is 6.04 Å². The zero-order valence-corrected chi connectivity index (χ0v) is 10.8. The third kappa shape index (κ3) is 6.88. The number of carbonyl (C=O) groups is 3. The summed E-state index contributed by atoms with van der Waals surface area (Å²) in [6.07, 6.45) is 2.77. The fourth-order valence-electron chi connectivity index (χ4n) is 1.48. The van der Waals surface area contributed by atoms with E-state index in [1.807, 2.05) is 6.92 Å². The Kier molecular flexibility index (Phi) is 7.74. The maximum atomic E-state index is 11.5. The van der Waals surface area contributed by atoms with Gasteiger partial charge < -0.3 is 15.5 Å².